The van der Waals surface area contributed by atoms with Crippen molar-refractivity contribution >= 4 is 5.96 Å². The topological polar surface area (TPSA) is 36.9 Å². The van der Waals surface area contributed by atoms with E-state index in [4.69, 9.17) is 9.73 Å². The number of aryl methyl sites for hydroxylation is 1. The number of benzene rings is 1. The summed E-state index contributed by atoms with van der Waals surface area (Å²) in [6.45, 7) is 13.2. The van der Waals surface area contributed by atoms with Gasteiger partial charge in [-0.05, 0) is 25.8 Å². The fourth-order valence-electron chi connectivity index (χ4n) is 3.04. The zero-order valence-corrected chi connectivity index (χ0v) is 15.9. The number of nitrogens with zero attached hydrogens (tertiary/aromatic N) is 2. The largest absolute Gasteiger partial charge is 0.381 e. The molecule has 4 heteroatoms. The molecule has 1 unspecified atom stereocenters. The van der Waals surface area contributed by atoms with Gasteiger partial charge >= 0.3 is 0 Å². The average molecular weight is 332 g/mol. The van der Waals surface area contributed by atoms with E-state index < -0.39 is 0 Å². The summed E-state index contributed by atoms with van der Waals surface area (Å²) in [5, 5.41) is 3.42. The van der Waals surface area contributed by atoms with E-state index in [-0.39, 0.29) is 5.41 Å². The van der Waals surface area contributed by atoms with Gasteiger partial charge in [0, 0.05) is 38.1 Å². The normalized spacial score (nSPS) is 18.7. The smallest absolute Gasteiger partial charge is 0.193 e. The Morgan fingerprint density at radius 2 is 2.04 bits per heavy atom. The van der Waals surface area contributed by atoms with Crippen LogP contribution >= 0.6 is 0 Å². The van der Waals surface area contributed by atoms with Crippen molar-refractivity contribution < 1.29 is 4.74 Å². The van der Waals surface area contributed by atoms with Crippen LogP contribution in [0.2, 0.25) is 0 Å². The lowest BCUT2D eigenvalue weighted by atomic mass is 9.84. The van der Waals surface area contributed by atoms with Crippen LogP contribution in [0.3, 0.4) is 0 Å². The molecule has 1 aromatic carbocycles. The summed E-state index contributed by atoms with van der Waals surface area (Å²) in [6.07, 6.45) is 1.15. The summed E-state index contributed by atoms with van der Waals surface area (Å²) >= 11 is 0. The second-order valence-corrected chi connectivity index (χ2v) is 7.53. The van der Waals surface area contributed by atoms with Crippen LogP contribution < -0.4 is 5.32 Å². The molecule has 134 valence electrons. The number of rotatable bonds is 6. The van der Waals surface area contributed by atoms with E-state index in [1.54, 1.807) is 0 Å². The van der Waals surface area contributed by atoms with Crippen LogP contribution in [0.25, 0.3) is 0 Å². The predicted molar refractivity (Wildman–Crippen MR) is 102 cm³/mol. The molecule has 1 atom stereocenters. The van der Waals surface area contributed by atoms with Crippen molar-refractivity contribution in [2.24, 2.45) is 10.9 Å². The lowest BCUT2D eigenvalue weighted by Crippen LogP contribution is -2.42. The van der Waals surface area contributed by atoms with Gasteiger partial charge in [-0.15, -0.1) is 0 Å². The summed E-state index contributed by atoms with van der Waals surface area (Å²) < 4.78 is 5.49. The number of hydrogen-bond donors (Lipinski definition) is 1. The van der Waals surface area contributed by atoms with Crippen LogP contribution in [0, 0.1) is 12.8 Å². The molecule has 0 radical (unpaired) electrons. The van der Waals surface area contributed by atoms with E-state index in [9.17, 15) is 0 Å². The van der Waals surface area contributed by atoms with E-state index in [1.165, 1.54) is 11.1 Å². The maximum absolute atomic E-state index is 5.49. The summed E-state index contributed by atoms with van der Waals surface area (Å²) in [5.41, 5.74) is 2.65. The van der Waals surface area contributed by atoms with Crippen molar-refractivity contribution in [3.63, 3.8) is 0 Å². The van der Waals surface area contributed by atoms with Gasteiger partial charge in [0.25, 0.3) is 0 Å². The van der Waals surface area contributed by atoms with Crippen molar-refractivity contribution in [2.45, 2.75) is 39.5 Å². The monoisotopic (exact) mass is 331 g/mol. The lowest BCUT2D eigenvalue weighted by molar-refractivity contribution is 0.181. The third-order valence-electron chi connectivity index (χ3n) is 4.71. The standard InChI is InChI=1S/C20H33N3O/c1-6-21-19(23(5)13-17-11-12-24-14-17)22-15-20(3,4)18-9-7-16(2)8-10-18/h7-10,17H,6,11-15H2,1-5H3,(H,21,22). The van der Waals surface area contributed by atoms with Gasteiger partial charge in [-0.2, -0.15) is 0 Å². The van der Waals surface area contributed by atoms with Crippen molar-refractivity contribution in [3.05, 3.63) is 35.4 Å². The minimum Gasteiger partial charge on any atom is -0.381 e. The first-order chi connectivity index (χ1) is 11.4. The lowest BCUT2D eigenvalue weighted by Gasteiger charge is -2.27. The van der Waals surface area contributed by atoms with E-state index in [1.807, 2.05) is 0 Å². The molecule has 1 fully saturated rings. The highest BCUT2D eigenvalue weighted by atomic mass is 16.5. The molecule has 1 saturated heterocycles. The molecule has 1 aromatic rings. The van der Waals surface area contributed by atoms with Gasteiger partial charge in [0.2, 0.25) is 0 Å². The molecule has 0 aliphatic carbocycles. The highest BCUT2D eigenvalue weighted by Gasteiger charge is 2.22. The molecule has 1 aliphatic heterocycles. The molecule has 1 aliphatic rings. The Morgan fingerprint density at radius 3 is 2.62 bits per heavy atom. The summed E-state index contributed by atoms with van der Waals surface area (Å²) in [6, 6.07) is 8.80. The SMILES string of the molecule is CCNC(=NCC(C)(C)c1ccc(C)cc1)N(C)CC1CCOC1. The Hall–Kier alpha value is -1.55. The van der Waals surface area contributed by atoms with Crippen LogP contribution in [-0.4, -0.2) is 50.8 Å². The van der Waals surface area contributed by atoms with E-state index in [2.05, 4.69) is 69.2 Å². The number of aliphatic imine (C=N–C) groups is 1. The summed E-state index contributed by atoms with van der Waals surface area (Å²) in [4.78, 5) is 7.16. The van der Waals surface area contributed by atoms with Gasteiger partial charge in [-0.3, -0.25) is 4.99 Å². The van der Waals surface area contributed by atoms with Crippen molar-refractivity contribution in [1.82, 2.24) is 10.2 Å². The van der Waals surface area contributed by atoms with Crippen LogP contribution in [0.15, 0.2) is 29.3 Å². The van der Waals surface area contributed by atoms with Crippen molar-refractivity contribution in [2.75, 3.05) is 39.9 Å². The first-order valence-corrected chi connectivity index (χ1v) is 9.06. The number of nitrogens with one attached hydrogen (secondary N) is 1. The van der Waals surface area contributed by atoms with Crippen LogP contribution in [0.4, 0.5) is 0 Å². The molecule has 2 rings (SSSR count). The highest BCUT2D eigenvalue weighted by Crippen LogP contribution is 2.24. The van der Waals surface area contributed by atoms with Crippen molar-refractivity contribution in [1.29, 1.82) is 0 Å². The zero-order valence-electron chi connectivity index (χ0n) is 15.9. The van der Waals surface area contributed by atoms with Crippen LogP contribution in [0.1, 0.15) is 38.3 Å². The fraction of sp³-hybridized carbons (Fsp3) is 0.650. The van der Waals surface area contributed by atoms with Gasteiger partial charge in [0.1, 0.15) is 0 Å². The second kappa shape index (κ2) is 8.52. The Bertz CT molecular complexity index is 530. The number of hydrogen-bond acceptors (Lipinski definition) is 2. The van der Waals surface area contributed by atoms with Crippen LogP contribution in [0.5, 0.6) is 0 Å². The Kier molecular flexibility index (Phi) is 6.67. The van der Waals surface area contributed by atoms with Gasteiger partial charge < -0.3 is 15.0 Å². The number of ether oxygens (including phenoxy) is 1. The van der Waals surface area contributed by atoms with E-state index >= 15 is 0 Å². The van der Waals surface area contributed by atoms with Gasteiger partial charge in [0.05, 0.1) is 13.2 Å². The second-order valence-electron chi connectivity index (χ2n) is 7.53. The van der Waals surface area contributed by atoms with E-state index in [0.717, 1.165) is 45.2 Å². The maximum Gasteiger partial charge on any atom is 0.193 e. The molecule has 4 nitrogen and oxygen atoms in total. The molecule has 0 amide bonds. The molecule has 1 N–H and O–H groups in total. The molecule has 0 saturated carbocycles. The zero-order chi connectivity index (χ0) is 17.6. The summed E-state index contributed by atoms with van der Waals surface area (Å²) in [5.74, 6) is 1.61. The molecular formula is C20H33N3O. The predicted octanol–water partition coefficient (Wildman–Crippen LogP) is 3.21. The first-order valence-electron chi connectivity index (χ1n) is 9.06. The maximum atomic E-state index is 5.49. The highest BCUT2D eigenvalue weighted by molar-refractivity contribution is 5.79. The van der Waals surface area contributed by atoms with E-state index in [0.29, 0.717) is 5.92 Å². The average Bonchev–Trinajstić information content (AvgIpc) is 3.04. The summed E-state index contributed by atoms with van der Waals surface area (Å²) in [7, 11) is 2.12. The van der Waals surface area contributed by atoms with Gasteiger partial charge in [0.15, 0.2) is 5.96 Å². The minimum absolute atomic E-state index is 0.0195. The Labute approximate surface area is 147 Å². The molecule has 0 spiro atoms. The molecular weight excluding hydrogens is 298 g/mol. The van der Waals surface area contributed by atoms with Gasteiger partial charge in [-0.25, -0.2) is 0 Å². The van der Waals surface area contributed by atoms with Crippen LogP contribution in [-0.2, 0) is 10.2 Å². The first kappa shape index (κ1) is 18.8. The Morgan fingerprint density at radius 1 is 1.33 bits per heavy atom. The minimum atomic E-state index is 0.0195. The van der Waals surface area contributed by atoms with Gasteiger partial charge in [-0.1, -0.05) is 43.7 Å². The molecule has 24 heavy (non-hydrogen) atoms. The fourth-order valence-corrected chi connectivity index (χ4v) is 3.04. The third kappa shape index (κ3) is 5.23. The molecule has 0 bridgehead atoms. The number of guanidine groups is 1. The molecule has 1 heterocycles. The quantitative estimate of drug-likeness (QED) is 0.642. The van der Waals surface area contributed by atoms with Crippen molar-refractivity contribution in [3.8, 4) is 0 Å². The third-order valence-corrected chi connectivity index (χ3v) is 4.71. The Balaban J connectivity index is 2.04. The molecule has 0 aromatic heterocycles.